The van der Waals surface area contributed by atoms with Crippen molar-refractivity contribution in [1.29, 1.82) is 5.26 Å². The maximum atomic E-state index is 12.0. The van der Waals surface area contributed by atoms with Gasteiger partial charge in [0.1, 0.15) is 5.41 Å². The lowest BCUT2D eigenvalue weighted by molar-refractivity contribution is -0.135. The third-order valence-electron chi connectivity index (χ3n) is 3.35. The molecule has 1 saturated carbocycles. The van der Waals surface area contributed by atoms with Crippen LogP contribution in [0.5, 0.6) is 0 Å². The van der Waals surface area contributed by atoms with Crippen LogP contribution < -0.4 is 5.32 Å². The van der Waals surface area contributed by atoms with Gasteiger partial charge in [0.25, 0.3) is 0 Å². The highest BCUT2D eigenvalue weighted by atomic mass is 16.3. The highest BCUT2D eigenvalue weighted by Crippen LogP contribution is 2.45. The minimum Gasteiger partial charge on any atom is -0.394 e. The lowest BCUT2D eigenvalue weighted by Crippen LogP contribution is -2.52. The monoisotopic (exact) mass is 238 g/mol. The van der Waals surface area contributed by atoms with Crippen LogP contribution in [0.1, 0.15) is 40.0 Å². The summed E-state index contributed by atoms with van der Waals surface area (Å²) >= 11 is 0. The zero-order valence-electron chi connectivity index (χ0n) is 10.9. The van der Waals surface area contributed by atoms with E-state index in [0.29, 0.717) is 24.7 Å². The van der Waals surface area contributed by atoms with E-state index >= 15 is 0 Å². The number of nitriles is 1. The zero-order valence-corrected chi connectivity index (χ0v) is 10.9. The summed E-state index contributed by atoms with van der Waals surface area (Å²) in [6, 6.07) is 1.90. The second kappa shape index (κ2) is 5.50. The molecule has 0 heterocycles. The van der Waals surface area contributed by atoms with Crippen molar-refractivity contribution in [1.82, 2.24) is 5.32 Å². The van der Waals surface area contributed by atoms with Crippen molar-refractivity contribution in [3.8, 4) is 6.07 Å². The number of nitrogens with zero attached hydrogens (tertiary/aromatic N) is 1. The average Bonchev–Trinajstić information content (AvgIpc) is 2.22. The summed E-state index contributed by atoms with van der Waals surface area (Å²) in [6.07, 6.45) is 2.00. The number of nitrogens with one attached hydrogen (secondary N) is 1. The third kappa shape index (κ3) is 3.19. The Kier molecular flexibility index (Phi) is 4.53. The molecule has 4 nitrogen and oxygen atoms in total. The number of hydrogen-bond acceptors (Lipinski definition) is 3. The molecule has 0 bridgehead atoms. The highest BCUT2D eigenvalue weighted by molar-refractivity contribution is 5.86. The Morgan fingerprint density at radius 2 is 2.18 bits per heavy atom. The molecule has 1 aliphatic carbocycles. The van der Waals surface area contributed by atoms with Crippen LogP contribution in [0.25, 0.3) is 0 Å². The predicted octanol–water partition coefficient (Wildman–Crippen LogP) is 1.45. The summed E-state index contributed by atoms with van der Waals surface area (Å²) in [5.41, 5.74) is -0.843. The van der Waals surface area contributed by atoms with Gasteiger partial charge in [-0.15, -0.1) is 0 Å². The second-order valence-corrected chi connectivity index (χ2v) is 5.69. The number of aliphatic hydroxyl groups is 1. The number of hydrogen-bond donors (Lipinski definition) is 2. The second-order valence-electron chi connectivity index (χ2n) is 5.69. The standard InChI is InChI=1S/C13H22N2O2/c1-9(2)4-11(7-16)15-12(17)13(8-14)5-10(3)6-13/h9-11,16H,4-7H2,1-3H3,(H,15,17). The van der Waals surface area contributed by atoms with Gasteiger partial charge in [-0.1, -0.05) is 20.8 Å². The van der Waals surface area contributed by atoms with Gasteiger partial charge in [-0.05, 0) is 31.1 Å². The fraction of sp³-hybridized carbons (Fsp3) is 0.846. The lowest BCUT2D eigenvalue weighted by Gasteiger charge is -2.40. The molecule has 1 aliphatic rings. The van der Waals surface area contributed by atoms with E-state index in [1.165, 1.54) is 0 Å². The highest BCUT2D eigenvalue weighted by Gasteiger charge is 2.49. The Morgan fingerprint density at radius 3 is 2.53 bits per heavy atom. The molecule has 17 heavy (non-hydrogen) atoms. The molecular formula is C13H22N2O2. The minimum atomic E-state index is -0.843. The van der Waals surface area contributed by atoms with Gasteiger partial charge >= 0.3 is 0 Å². The summed E-state index contributed by atoms with van der Waals surface area (Å²) < 4.78 is 0. The first-order valence-corrected chi connectivity index (χ1v) is 6.26. The molecule has 0 aromatic heterocycles. The molecule has 4 heteroatoms. The molecule has 1 rings (SSSR count). The van der Waals surface area contributed by atoms with Crippen molar-refractivity contribution >= 4 is 5.91 Å². The van der Waals surface area contributed by atoms with Crippen LogP contribution >= 0.6 is 0 Å². The molecule has 1 atom stereocenters. The maximum Gasteiger partial charge on any atom is 0.240 e. The molecule has 0 saturated heterocycles. The normalized spacial score (nSPS) is 29.3. The van der Waals surface area contributed by atoms with Crippen LogP contribution in [0.3, 0.4) is 0 Å². The van der Waals surface area contributed by atoms with E-state index in [-0.39, 0.29) is 18.6 Å². The third-order valence-corrected chi connectivity index (χ3v) is 3.35. The average molecular weight is 238 g/mol. The summed E-state index contributed by atoms with van der Waals surface area (Å²) in [4.78, 5) is 12.0. The number of rotatable bonds is 5. The van der Waals surface area contributed by atoms with E-state index in [4.69, 9.17) is 5.26 Å². The summed E-state index contributed by atoms with van der Waals surface area (Å²) in [5.74, 6) is 0.640. The van der Waals surface area contributed by atoms with Gasteiger partial charge < -0.3 is 10.4 Å². The van der Waals surface area contributed by atoms with Gasteiger partial charge in [0.15, 0.2) is 0 Å². The molecule has 1 unspecified atom stereocenters. The Labute approximate surface area is 103 Å². The van der Waals surface area contributed by atoms with Gasteiger partial charge in [0, 0.05) is 0 Å². The van der Waals surface area contributed by atoms with E-state index in [1.54, 1.807) is 0 Å². The molecule has 1 amide bonds. The summed E-state index contributed by atoms with van der Waals surface area (Å²) in [6.45, 7) is 6.06. The van der Waals surface area contributed by atoms with Crippen molar-refractivity contribution < 1.29 is 9.90 Å². The van der Waals surface area contributed by atoms with E-state index in [1.807, 2.05) is 20.8 Å². The van der Waals surface area contributed by atoms with Crippen LogP contribution in [0.15, 0.2) is 0 Å². The Bertz CT molecular complexity index is 314. The first kappa shape index (κ1) is 14.0. The SMILES string of the molecule is CC(C)CC(CO)NC(=O)C1(C#N)CC(C)C1. The number of carbonyl (C=O) groups excluding carboxylic acids is 1. The first-order chi connectivity index (χ1) is 7.93. The van der Waals surface area contributed by atoms with Crippen LogP contribution in [0, 0.1) is 28.6 Å². The molecular weight excluding hydrogens is 216 g/mol. The predicted molar refractivity (Wildman–Crippen MR) is 64.9 cm³/mol. The van der Waals surface area contributed by atoms with Crippen molar-refractivity contribution in [2.75, 3.05) is 6.61 Å². The smallest absolute Gasteiger partial charge is 0.240 e. The van der Waals surface area contributed by atoms with Crippen molar-refractivity contribution in [2.45, 2.75) is 46.1 Å². The Morgan fingerprint density at radius 1 is 1.59 bits per heavy atom. The Balaban J connectivity index is 2.56. The Hall–Kier alpha value is -1.08. The maximum absolute atomic E-state index is 12.0. The first-order valence-electron chi connectivity index (χ1n) is 6.26. The van der Waals surface area contributed by atoms with Crippen LogP contribution in [0.4, 0.5) is 0 Å². The molecule has 0 spiro atoms. The number of aliphatic hydroxyl groups excluding tert-OH is 1. The molecule has 0 aromatic rings. The van der Waals surface area contributed by atoms with Crippen molar-refractivity contribution in [2.24, 2.45) is 17.3 Å². The van der Waals surface area contributed by atoms with E-state index < -0.39 is 5.41 Å². The minimum absolute atomic E-state index is 0.0685. The van der Waals surface area contributed by atoms with Crippen LogP contribution in [0.2, 0.25) is 0 Å². The number of carbonyl (C=O) groups is 1. The quantitative estimate of drug-likeness (QED) is 0.761. The molecule has 1 fully saturated rings. The molecule has 0 radical (unpaired) electrons. The summed E-state index contributed by atoms with van der Waals surface area (Å²) in [7, 11) is 0. The van der Waals surface area contributed by atoms with Crippen LogP contribution in [-0.2, 0) is 4.79 Å². The van der Waals surface area contributed by atoms with E-state index in [2.05, 4.69) is 11.4 Å². The summed E-state index contributed by atoms with van der Waals surface area (Å²) in [5, 5.41) is 21.1. The van der Waals surface area contributed by atoms with Gasteiger partial charge in [-0.3, -0.25) is 4.79 Å². The van der Waals surface area contributed by atoms with Gasteiger partial charge in [0.05, 0.1) is 18.7 Å². The zero-order chi connectivity index (χ0) is 13.1. The van der Waals surface area contributed by atoms with E-state index in [0.717, 1.165) is 6.42 Å². The fourth-order valence-corrected chi connectivity index (χ4v) is 2.53. The fourth-order valence-electron chi connectivity index (χ4n) is 2.53. The molecule has 0 aromatic carbocycles. The molecule has 2 N–H and O–H groups in total. The van der Waals surface area contributed by atoms with Crippen molar-refractivity contribution in [3.05, 3.63) is 0 Å². The lowest BCUT2D eigenvalue weighted by atomic mass is 9.63. The van der Waals surface area contributed by atoms with Crippen molar-refractivity contribution in [3.63, 3.8) is 0 Å². The number of amides is 1. The van der Waals surface area contributed by atoms with Gasteiger partial charge in [-0.25, -0.2) is 0 Å². The van der Waals surface area contributed by atoms with Crippen LogP contribution in [-0.4, -0.2) is 23.7 Å². The van der Waals surface area contributed by atoms with E-state index in [9.17, 15) is 9.90 Å². The molecule has 96 valence electrons. The molecule has 0 aliphatic heterocycles. The topological polar surface area (TPSA) is 73.1 Å². The van der Waals surface area contributed by atoms with Gasteiger partial charge in [0.2, 0.25) is 5.91 Å². The van der Waals surface area contributed by atoms with Gasteiger partial charge in [-0.2, -0.15) is 5.26 Å². The largest absolute Gasteiger partial charge is 0.394 e.